The summed E-state index contributed by atoms with van der Waals surface area (Å²) in [5.41, 5.74) is 3.43. The molecule has 1 aromatic heterocycles. The average molecular weight is 379 g/mol. The smallest absolute Gasteiger partial charge is 0.215 e. The third kappa shape index (κ3) is 2.77. The number of aromatic carboxylic acids is 1. The SMILES string of the molecule is O=C([O-])c1ccc(-n2c(O)c(C=C3C=Nc4ccccc43)sc2=S)cc1. The molecule has 1 N–H and O–H groups in total. The predicted octanol–water partition coefficient (Wildman–Crippen LogP) is 3.59. The van der Waals surface area contributed by atoms with Crippen LogP contribution in [0.4, 0.5) is 5.69 Å². The largest absolute Gasteiger partial charge is 0.545 e. The third-order valence-corrected chi connectivity index (χ3v) is 5.33. The molecule has 1 aliphatic rings. The maximum Gasteiger partial charge on any atom is 0.215 e. The number of carbonyl (C=O) groups is 1. The molecule has 0 saturated heterocycles. The molecule has 26 heavy (non-hydrogen) atoms. The molecule has 0 amide bonds. The molecule has 128 valence electrons. The highest BCUT2D eigenvalue weighted by Gasteiger charge is 2.16. The van der Waals surface area contributed by atoms with E-state index in [0.717, 1.165) is 16.8 Å². The molecular weight excluding hydrogens is 368 g/mol. The zero-order valence-corrected chi connectivity index (χ0v) is 14.9. The van der Waals surface area contributed by atoms with Crippen LogP contribution < -0.4 is 5.11 Å². The molecule has 0 atom stereocenters. The Morgan fingerprint density at radius 3 is 2.65 bits per heavy atom. The first-order valence-electron chi connectivity index (χ1n) is 7.66. The van der Waals surface area contributed by atoms with Crippen molar-refractivity contribution >= 4 is 53.1 Å². The summed E-state index contributed by atoms with van der Waals surface area (Å²) in [5.74, 6) is -1.24. The van der Waals surface area contributed by atoms with Crippen LogP contribution in [0.3, 0.4) is 0 Å². The van der Waals surface area contributed by atoms with Gasteiger partial charge in [-0.05, 0) is 42.1 Å². The summed E-state index contributed by atoms with van der Waals surface area (Å²) < 4.78 is 1.96. The highest BCUT2D eigenvalue weighted by atomic mass is 32.1. The molecule has 2 aromatic carbocycles. The molecule has 0 aliphatic carbocycles. The average Bonchev–Trinajstić information content (AvgIpc) is 3.16. The van der Waals surface area contributed by atoms with Gasteiger partial charge in [-0.25, -0.2) is 0 Å². The van der Waals surface area contributed by atoms with Crippen LogP contribution in [0.25, 0.3) is 17.3 Å². The fourth-order valence-corrected chi connectivity index (χ4v) is 4.05. The third-order valence-electron chi connectivity index (χ3n) is 4.02. The highest BCUT2D eigenvalue weighted by molar-refractivity contribution is 7.73. The number of aromatic nitrogens is 1. The fourth-order valence-electron chi connectivity index (χ4n) is 2.75. The first-order chi connectivity index (χ1) is 12.5. The van der Waals surface area contributed by atoms with Gasteiger partial charge in [-0.1, -0.05) is 30.3 Å². The molecule has 0 unspecified atom stereocenters. The molecule has 5 nitrogen and oxygen atoms in total. The second kappa shape index (κ2) is 6.36. The Bertz CT molecular complexity index is 1140. The number of para-hydroxylation sites is 1. The Hall–Kier alpha value is -3.03. The van der Waals surface area contributed by atoms with Crippen LogP contribution in [-0.2, 0) is 0 Å². The number of thiazole rings is 1. The van der Waals surface area contributed by atoms with E-state index in [1.54, 1.807) is 18.3 Å². The molecule has 0 saturated carbocycles. The van der Waals surface area contributed by atoms with Gasteiger partial charge in [0.15, 0.2) is 3.95 Å². The van der Waals surface area contributed by atoms with Crippen molar-refractivity contribution in [1.82, 2.24) is 4.57 Å². The van der Waals surface area contributed by atoms with E-state index in [-0.39, 0.29) is 11.4 Å². The zero-order valence-electron chi connectivity index (χ0n) is 13.2. The van der Waals surface area contributed by atoms with Crippen molar-refractivity contribution in [3.63, 3.8) is 0 Å². The summed E-state index contributed by atoms with van der Waals surface area (Å²) >= 11 is 6.64. The summed E-state index contributed by atoms with van der Waals surface area (Å²) in [5, 5.41) is 21.5. The van der Waals surface area contributed by atoms with Crippen molar-refractivity contribution in [2.75, 3.05) is 0 Å². The van der Waals surface area contributed by atoms with Gasteiger partial charge in [0.2, 0.25) is 5.88 Å². The molecule has 3 aromatic rings. The van der Waals surface area contributed by atoms with E-state index in [1.807, 2.05) is 30.3 Å². The quantitative estimate of drug-likeness (QED) is 0.706. The van der Waals surface area contributed by atoms with E-state index in [4.69, 9.17) is 12.2 Å². The molecule has 0 bridgehead atoms. The number of aromatic hydroxyl groups is 1. The number of hydrogen-bond acceptors (Lipinski definition) is 6. The van der Waals surface area contributed by atoms with Gasteiger partial charge in [0.1, 0.15) is 0 Å². The molecule has 4 rings (SSSR count). The van der Waals surface area contributed by atoms with E-state index >= 15 is 0 Å². The van der Waals surface area contributed by atoms with Crippen LogP contribution in [0, 0.1) is 3.95 Å². The van der Waals surface area contributed by atoms with Crippen LogP contribution >= 0.6 is 23.6 Å². The lowest BCUT2D eigenvalue weighted by Crippen LogP contribution is -2.22. The van der Waals surface area contributed by atoms with Crippen molar-refractivity contribution in [2.45, 2.75) is 0 Å². The molecule has 2 heterocycles. The summed E-state index contributed by atoms with van der Waals surface area (Å²) in [7, 11) is 0. The van der Waals surface area contributed by atoms with Crippen molar-refractivity contribution in [2.24, 2.45) is 4.99 Å². The molecule has 7 heteroatoms. The molecule has 0 radical (unpaired) electrons. The van der Waals surface area contributed by atoms with Crippen molar-refractivity contribution in [3.05, 3.63) is 68.5 Å². The van der Waals surface area contributed by atoms with E-state index in [0.29, 0.717) is 14.5 Å². The summed E-state index contributed by atoms with van der Waals surface area (Å²) in [6.07, 6.45) is 3.60. The zero-order chi connectivity index (χ0) is 18.3. The maximum absolute atomic E-state index is 10.9. The van der Waals surface area contributed by atoms with Crippen LogP contribution in [0.1, 0.15) is 20.8 Å². The first kappa shape index (κ1) is 16.4. The monoisotopic (exact) mass is 379 g/mol. The van der Waals surface area contributed by atoms with Gasteiger partial charge in [-0.2, -0.15) is 0 Å². The number of carboxylic acid groups (broad SMARTS) is 1. The standard InChI is InChI=1S/C19H12N2O3S2/c22-17-16(9-12-10-20-15-4-2-1-3-14(12)15)26-19(25)21(17)13-7-5-11(6-8-13)18(23)24/h1-10,22H,(H,23,24)/p-1. The van der Waals surface area contributed by atoms with Crippen molar-refractivity contribution in [1.29, 1.82) is 0 Å². The van der Waals surface area contributed by atoms with E-state index in [2.05, 4.69) is 4.99 Å². The number of hydrogen-bond donors (Lipinski definition) is 1. The predicted molar refractivity (Wildman–Crippen MR) is 103 cm³/mol. The van der Waals surface area contributed by atoms with Crippen LogP contribution in [-0.4, -0.2) is 21.9 Å². The molecule has 1 aliphatic heterocycles. The topological polar surface area (TPSA) is 77.6 Å². The van der Waals surface area contributed by atoms with Crippen LogP contribution in [0.15, 0.2) is 53.5 Å². The second-order valence-electron chi connectivity index (χ2n) is 5.60. The van der Waals surface area contributed by atoms with E-state index < -0.39 is 5.97 Å². The number of aliphatic imine (C=N–C) groups is 1. The highest BCUT2D eigenvalue weighted by Crippen LogP contribution is 2.36. The van der Waals surface area contributed by atoms with Gasteiger partial charge >= 0.3 is 0 Å². The molecule has 0 fully saturated rings. The summed E-state index contributed by atoms with van der Waals surface area (Å²) in [6.45, 7) is 0. The normalized spacial score (nSPS) is 13.9. The number of benzene rings is 2. The van der Waals surface area contributed by atoms with E-state index in [1.165, 1.54) is 28.0 Å². The maximum atomic E-state index is 10.9. The van der Waals surface area contributed by atoms with Gasteiger partial charge in [-0.15, -0.1) is 11.3 Å². The van der Waals surface area contributed by atoms with Crippen molar-refractivity contribution in [3.8, 4) is 11.6 Å². The van der Waals surface area contributed by atoms with Gasteiger partial charge in [-0.3, -0.25) is 9.56 Å². The van der Waals surface area contributed by atoms with Crippen LogP contribution in [0.2, 0.25) is 0 Å². The number of carboxylic acids is 1. The number of rotatable bonds is 3. The van der Waals surface area contributed by atoms with Gasteiger partial charge < -0.3 is 15.0 Å². The fraction of sp³-hybridized carbons (Fsp3) is 0. The Morgan fingerprint density at radius 2 is 1.92 bits per heavy atom. The van der Waals surface area contributed by atoms with Gasteiger partial charge in [0.05, 0.1) is 22.2 Å². The lowest BCUT2D eigenvalue weighted by molar-refractivity contribution is -0.255. The second-order valence-corrected chi connectivity index (χ2v) is 7.28. The van der Waals surface area contributed by atoms with Crippen molar-refractivity contribution < 1.29 is 15.0 Å². The Labute approximate surface area is 157 Å². The Kier molecular flexibility index (Phi) is 4.02. The van der Waals surface area contributed by atoms with E-state index in [9.17, 15) is 15.0 Å². The minimum absolute atomic E-state index is 0.00600. The number of nitrogens with zero attached hydrogens (tertiary/aromatic N) is 2. The molecular formula is C19H11N2O3S2-. The summed E-state index contributed by atoms with van der Waals surface area (Å²) in [4.78, 5) is 15.8. The van der Waals surface area contributed by atoms with Crippen LogP contribution in [0.5, 0.6) is 5.88 Å². The minimum Gasteiger partial charge on any atom is -0.545 e. The van der Waals surface area contributed by atoms with Gasteiger partial charge in [0.25, 0.3) is 0 Å². The lowest BCUT2D eigenvalue weighted by Gasteiger charge is -2.07. The number of fused-ring (bicyclic) bond motifs is 1. The minimum atomic E-state index is -1.25. The summed E-state index contributed by atoms with van der Waals surface area (Å²) in [6, 6.07) is 13.8. The Balaban J connectivity index is 1.77. The Morgan fingerprint density at radius 1 is 1.19 bits per heavy atom. The molecule has 0 spiro atoms. The lowest BCUT2D eigenvalue weighted by atomic mass is 10.1. The first-order valence-corrected chi connectivity index (χ1v) is 8.89. The number of carbonyl (C=O) groups excluding carboxylic acids is 1. The van der Waals surface area contributed by atoms with Gasteiger partial charge in [0, 0.05) is 17.4 Å². The number of allylic oxidation sites excluding steroid dienone is 1.